The Morgan fingerprint density at radius 1 is 0.441 bits per heavy atom. The molecule has 0 aromatic heterocycles. The lowest BCUT2D eigenvalue weighted by atomic mass is 10.1. The van der Waals surface area contributed by atoms with E-state index in [0.717, 1.165) is 37.3 Å². The average Bonchev–Trinajstić information content (AvgIpc) is 3.52. The van der Waals surface area contributed by atoms with E-state index >= 15 is 0 Å². The van der Waals surface area contributed by atoms with Crippen LogP contribution in [0.25, 0.3) is 0 Å². The minimum Gasteiger partial charge on any atom is -0.363 e. The van der Waals surface area contributed by atoms with Gasteiger partial charge in [0.2, 0.25) is 0 Å². The monoisotopic (exact) mass is 442 g/mol. The van der Waals surface area contributed by atoms with Crippen LogP contribution in [0.1, 0.15) is 33.4 Å². The maximum atomic E-state index is 4.24. The second-order valence-electron chi connectivity index (χ2n) is 8.92. The fraction of sp³-hybridized carbons (Fsp3) is 0.133. The van der Waals surface area contributed by atoms with Gasteiger partial charge in [0.15, 0.2) is 0 Å². The Bertz CT molecular complexity index is 1200. The highest BCUT2D eigenvalue weighted by Crippen LogP contribution is 2.29. The van der Waals surface area contributed by atoms with Crippen molar-refractivity contribution in [3.8, 4) is 0 Å². The summed E-state index contributed by atoms with van der Waals surface area (Å²) in [6.45, 7) is 3.88. The molecule has 4 aromatic carbocycles. The van der Waals surface area contributed by atoms with Crippen molar-refractivity contribution in [2.45, 2.75) is 26.2 Å². The van der Waals surface area contributed by atoms with Crippen LogP contribution in [0.15, 0.2) is 107 Å². The summed E-state index contributed by atoms with van der Waals surface area (Å²) >= 11 is 0. The Morgan fingerprint density at radius 3 is 1.09 bits per heavy atom. The van der Waals surface area contributed by atoms with Gasteiger partial charge in [0.05, 0.1) is 12.4 Å². The number of hydrogen-bond acceptors (Lipinski definition) is 4. The van der Waals surface area contributed by atoms with E-state index in [0.29, 0.717) is 0 Å². The number of hydrogen-bond donors (Lipinski definition) is 0. The molecule has 0 fully saturated rings. The van der Waals surface area contributed by atoms with Gasteiger partial charge in [-0.05, 0) is 57.6 Å². The van der Waals surface area contributed by atoms with Crippen molar-refractivity contribution in [2.24, 2.45) is 10.2 Å². The molecule has 0 bridgehead atoms. The van der Waals surface area contributed by atoms with Crippen LogP contribution in [0.2, 0.25) is 0 Å². The van der Waals surface area contributed by atoms with Crippen LogP contribution < -0.4 is 9.80 Å². The van der Waals surface area contributed by atoms with Crippen molar-refractivity contribution in [1.29, 1.82) is 0 Å². The third kappa shape index (κ3) is 4.23. The smallest absolute Gasteiger partial charge is 0.0568 e. The first kappa shape index (κ1) is 20.4. The Morgan fingerprint density at radius 2 is 0.765 bits per heavy atom. The van der Waals surface area contributed by atoms with Gasteiger partial charge in [0, 0.05) is 37.6 Å². The quantitative estimate of drug-likeness (QED) is 0.273. The average molecular weight is 443 g/mol. The summed E-state index contributed by atoms with van der Waals surface area (Å²) in [5, 5.41) is 8.49. The Kier molecular flexibility index (Phi) is 5.40. The predicted molar refractivity (Wildman–Crippen MR) is 141 cm³/mol. The van der Waals surface area contributed by atoms with Gasteiger partial charge in [-0.1, -0.05) is 72.8 Å². The number of fused-ring (bicyclic) bond motifs is 2. The molecule has 0 unspecified atom stereocenters. The van der Waals surface area contributed by atoms with Gasteiger partial charge >= 0.3 is 0 Å². The Hall–Kier alpha value is -4.18. The van der Waals surface area contributed by atoms with E-state index in [1.165, 1.54) is 33.6 Å². The highest BCUT2D eigenvalue weighted by atomic mass is 15.2. The van der Waals surface area contributed by atoms with Crippen LogP contribution in [-0.4, -0.2) is 12.4 Å². The van der Waals surface area contributed by atoms with Gasteiger partial charge < -0.3 is 9.80 Å². The third-order valence-electron chi connectivity index (χ3n) is 6.68. The Labute approximate surface area is 200 Å². The van der Waals surface area contributed by atoms with E-state index in [2.05, 4.69) is 117 Å². The van der Waals surface area contributed by atoms with Crippen LogP contribution in [0.3, 0.4) is 0 Å². The molecule has 4 aromatic rings. The van der Waals surface area contributed by atoms with Crippen molar-refractivity contribution in [3.63, 3.8) is 0 Å². The zero-order valence-electron chi connectivity index (χ0n) is 19.0. The molecule has 2 aliphatic heterocycles. The van der Waals surface area contributed by atoms with Crippen molar-refractivity contribution in [1.82, 2.24) is 0 Å². The van der Waals surface area contributed by atoms with E-state index in [-0.39, 0.29) is 0 Å². The molecule has 0 spiro atoms. The molecule has 34 heavy (non-hydrogen) atoms. The molecule has 0 amide bonds. The molecule has 0 saturated heterocycles. The number of benzene rings is 4. The van der Waals surface area contributed by atoms with Gasteiger partial charge in [-0.3, -0.25) is 0 Å². The first-order valence-corrected chi connectivity index (χ1v) is 11.7. The topological polar surface area (TPSA) is 31.2 Å². The minimum atomic E-state index is 0.970. The molecule has 0 aliphatic carbocycles. The second kappa shape index (κ2) is 8.99. The zero-order chi connectivity index (χ0) is 22.7. The summed E-state index contributed by atoms with van der Waals surface area (Å²) in [4.78, 5) is 4.79. The highest BCUT2D eigenvalue weighted by Gasteiger charge is 2.19. The first-order valence-electron chi connectivity index (χ1n) is 11.7. The SMILES string of the molecule is C(=N\N=C\c1ccc(N2Cc3ccccc3C2)cc1)/c1ccc(N2Cc3ccccc3C2)cc1. The molecule has 2 heterocycles. The van der Waals surface area contributed by atoms with Crippen molar-refractivity contribution in [2.75, 3.05) is 9.80 Å². The van der Waals surface area contributed by atoms with E-state index in [4.69, 9.17) is 0 Å². The summed E-state index contributed by atoms with van der Waals surface area (Å²) in [6, 6.07) is 34.3. The normalized spacial score (nSPS) is 14.8. The lowest BCUT2D eigenvalue weighted by Gasteiger charge is -2.17. The summed E-state index contributed by atoms with van der Waals surface area (Å²) in [6.07, 6.45) is 3.60. The van der Waals surface area contributed by atoms with Gasteiger partial charge in [0.25, 0.3) is 0 Å². The molecular weight excluding hydrogens is 416 g/mol. The number of rotatable bonds is 5. The van der Waals surface area contributed by atoms with Crippen molar-refractivity contribution < 1.29 is 0 Å². The summed E-state index contributed by atoms with van der Waals surface area (Å²) in [5.41, 5.74) is 10.2. The van der Waals surface area contributed by atoms with Crippen LogP contribution in [0, 0.1) is 0 Å². The van der Waals surface area contributed by atoms with Gasteiger partial charge in [-0.15, -0.1) is 0 Å². The highest BCUT2D eigenvalue weighted by molar-refractivity contribution is 5.83. The van der Waals surface area contributed by atoms with Crippen LogP contribution in [-0.2, 0) is 26.2 Å². The first-order chi connectivity index (χ1) is 16.8. The van der Waals surface area contributed by atoms with Gasteiger partial charge in [0.1, 0.15) is 0 Å². The largest absolute Gasteiger partial charge is 0.363 e. The van der Waals surface area contributed by atoms with E-state index in [9.17, 15) is 0 Å². The summed E-state index contributed by atoms with van der Waals surface area (Å²) in [7, 11) is 0. The maximum absolute atomic E-state index is 4.24. The van der Waals surface area contributed by atoms with Gasteiger partial charge in [-0.25, -0.2) is 0 Å². The molecule has 166 valence electrons. The molecule has 2 aliphatic rings. The fourth-order valence-corrected chi connectivity index (χ4v) is 4.77. The molecule has 0 saturated carbocycles. The summed E-state index contributed by atoms with van der Waals surface area (Å²) in [5.74, 6) is 0. The van der Waals surface area contributed by atoms with Crippen molar-refractivity contribution in [3.05, 3.63) is 130 Å². The summed E-state index contributed by atoms with van der Waals surface area (Å²) < 4.78 is 0. The Balaban J connectivity index is 1.04. The van der Waals surface area contributed by atoms with Gasteiger partial charge in [-0.2, -0.15) is 10.2 Å². The standard InChI is InChI=1S/C30H26N4/c1-2-6-26-20-33(19-25(26)5-1)29-13-9-23(10-14-29)17-31-32-18-24-11-15-30(16-12-24)34-21-27-7-3-4-8-28(27)22-34/h1-18H,19-22H2/b31-17+,32-18+. The molecule has 4 heteroatoms. The van der Waals surface area contributed by atoms with Crippen LogP contribution in [0.4, 0.5) is 11.4 Å². The van der Waals surface area contributed by atoms with E-state index in [1.54, 1.807) is 12.4 Å². The molecule has 0 radical (unpaired) electrons. The van der Waals surface area contributed by atoms with E-state index < -0.39 is 0 Å². The lowest BCUT2D eigenvalue weighted by Crippen LogP contribution is -2.14. The maximum Gasteiger partial charge on any atom is 0.0568 e. The van der Waals surface area contributed by atoms with Crippen LogP contribution in [0.5, 0.6) is 0 Å². The number of anilines is 2. The predicted octanol–water partition coefficient (Wildman–Crippen LogP) is 6.18. The lowest BCUT2D eigenvalue weighted by molar-refractivity contribution is 0.880. The molecule has 0 N–H and O–H groups in total. The van der Waals surface area contributed by atoms with Crippen molar-refractivity contribution >= 4 is 23.8 Å². The molecule has 6 rings (SSSR count). The third-order valence-corrected chi connectivity index (χ3v) is 6.68. The fourth-order valence-electron chi connectivity index (χ4n) is 4.77. The molecule has 4 nitrogen and oxygen atoms in total. The molecule has 0 atom stereocenters. The molecular formula is C30H26N4. The zero-order valence-corrected chi connectivity index (χ0v) is 19.0. The van der Waals surface area contributed by atoms with Crippen LogP contribution >= 0.6 is 0 Å². The minimum absolute atomic E-state index is 0.970. The second-order valence-corrected chi connectivity index (χ2v) is 8.92. The number of nitrogens with zero attached hydrogens (tertiary/aromatic N) is 4. The van der Waals surface area contributed by atoms with E-state index in [1.807, 2.05) is 0 Å².